The minimum atomic E-state index is -4.97. The van der Waals surface area contributed by atoms with Gasteiger partial charge in [0.05, 0.1) is 26.4 Å². The van der Waals surface area contributed by atoms with Gasteiger partial charge in [0.25, 0.3) is 0 Å². The fourth-order valence-corrected chi connectivity index (χ4v) is 15.4. The van der Waals surface area contributed by atoms with Crippen molar-refractivity contribution in [3.63, 3.8) is 0 Å². The maximum Gasteiger partial charge on any atom is 0.472 e. The van der Waals surface area contributed by atoms with Gasteiger partial charge in [-0.05, 0) is 37.5 Å². The highest BCUT2D eigenvalue weighted by atomic mass is 31.2. The fourth-order valence-electron chi connectivity index (χ4n) is 13.8. The zero-order valence-electron chi connectivity index (χ0n) is 70.5. The van der Waals surface area contributed by atoms with Crippen LogP contribution in [0.3, 0.4) is 0 Å². The average Bonchev–Trinajstić information content (AvgIpc) is 0.915. The van der Waals surface area contributed by atoms with Crippen LogP contribution in [-0.4, -0.2) is 96.7 Å². The maximum atomic E-state index is 13.2. The summed E-state index contributed by atoms with van der Waals surface area (Å²) in [6.07, 6.45) is 72.4. The largest absolute Gasteiger partial charge is 0.472 e. The Labute approximate surface area is 658 Å². The van der Waals surface area contributed by atoms with Crippen LogP contribution in [0.15, 0.2) is 0 Å². The molecule has 0 saturated carbocycles. The molecule has 0 aliphatic heterocycles. The van der Waals surface area contributed by atoms with Crippen LogP contribution in [0.25, 0.3) is 0 Å². The Bertz CT molecular complexity index is 2050. The molecule has 0 bridgehead atoms. The quantitative estimate of drug-likeness (QED) is 0.0222. The summed E-state index contributed by atoms with van der Waals surface area (Å²) in [6, 6.07) is 0. The van der Waals surface area contributed by atoms with Crippen molar-refractivity contribution in [3.05, 3.63) is 0 Å². The van der Waals surface area contributed by atoms with Crippen LogP contribution < -0.4 is 0 Å². The molecule has 5 atom stereocenters. The molecule has 0 aromatic rings. The third-order valence-corrected chi connectivity index (χ3v) is 22.6. The number of aliphatic hydroxyl groups excluding tert-OH is 1. The lowest BCUT2D eigenvalue weighted by atomic mass is 10.0. The Morgan fingerprint density at radius 1 is 0.252 bits per heavy atom. The second-order valence-corrected chi connectivity index (χ2v) is 35.5. The number of rotatable bonds is 87. The van der Waals surface area contributed by atoms with Crippen molar-refractivity contribution < 1.29 is 80.2 Å². The van der Waals surface area contributed by atoms with Gasteiger partial charge >= 0.3 is 39.5 Å². The molecule has 0 fully saturated rings. The van der Waals surface area contributed by atoms with E-state index in [0.717, 1.165) is 108 Å². The number of carbonyl (C=O) groups excluding carboxylic acids is 4. The van der Waals surface area contributed by atoms with Crippen molar-refractivity contribution in [2.45, 2.75) is 490 Å². The van der Waals surface area contributed by atoms with E-state index in [0.29, 0.717) is 25.7 Å². The first-order chi connectivity index (χ1) is 51.9. The van der Waals surface area contributed by atoms with Crippen molar-refractivity contribution in [3.8, 4) is 0 Å². The number of phosphoric acid groups is 2. The van der Waals surface area contributed by atoms with E-state index < -0.39 is 97.5 Å². The highest BCUT2D eigenvalue weighted by molar-refractivity contribution is 7.47. The number of ether oxygens (including phenoxy) is 4. The molecule has 107 heavy (non-hydrogen) atoms. The molecule has 0 amide bonds. The third-order valence-electron chi connectivity index (χ3n) is 20.7. The second kappa shape index (κ2) is 79.3. The standard InChI is InChI=1S/C88H172O17P2/c1-7-9-11-13-15-17-18-19-20-21-22-23-24-25-26-33-38-43-48-54-60-66-73-88(93)105-84(77-99-86(91)71-65-59-53-47-42-37-32-28-27-30-35-40-45-50-56-62-68-80(3)4)79-103-107(96,97)101-75-82(89)74-100-106(94,95)102-78-83(76-98-85(90)70-64-58-52-16-14-12-10-8-2)104-87(92)72-67-61-55-49-44-39-34-29-31-36-41-46-51-57-63-69-81(5)6/h80-84,89H,7-79H2,1-6H3,(H,94,95)(H,96,97)/t82-,83+,84+/m0/s1. The van der Waals surface area contributed by atoms with E-state index in [1.165, 1.54) is 283 Å². The van der Waals surface area contributed by atoms with Crippen LogP contribution in [0.1, 0.15) is 472 Å². The Balaban J connectivity index is 5.18. The lowest BCUT2D eigenvalue weighted by Crippen LogP contribution is -2.30. The van der Waals surface area contributed by atoms with Gasteiger partial charge in [-0.1, -0.05) is 420 Å². The highest BCUT2D eigenvalue weighted by Crippen LogP contribution is 2.45. The number of unbranched alkanes of at least 4 members (excludes halogenated alkanes) is 57. The SMILES string of the molecule is CCCCCCCCCCCCCCCCCCCCCCCCC(=O)O[C@H](COC(=O)CCCCCCCCCCCCCCCCCCC(C)C)COP(=O)(O)OC[C@@H](O)COP(=O)(O)OC[C@@H](COC(=O)CCCCCCCCCC)OC(=O)CCCCCCCCCCCCCCCCCC(C)C. The summed E-state index contributed by atoms with van der Waals surface area (Å²) < 4.78 is 68.9. The zero-order chi connectivity index (χ0) is 78.5. The molecule has 0 saturated heterocycles. The van der Waals surface area contributed by atoms with Crippen LogP contribution in [-0.2, 0) is 65.4 Å². The predicted octanol–water partition coefficient (Wildman–Crippen LogP) is 27.0. The van der Waals surface area contributed by atoms with Crippen molar-refractivity contribution in [1.29, 1.82) is 0 Å². The van der Waals surface area contributed by atoms with E-state index in [9.17, 15) is 43.2 Å². The van der Waals surface area contributed by atoms with Gasteiger partial charge in [-0.3, -0.25) is 37.3 Å². The molecule has 0 radical (unpaired) electrons. The second-order valence-electron chi connectivity index (χ2n) is 32.6. The van der Waals surface area contributed by atoms with E-state index in [4.69, 9.17) is 37.0 Å². The summed E-state index contributed by atoms with van der Waals surface area (Å²) in [5, 5.41) is 10.7. The van der Waals surface area contributed by atoms with Crippen molar-refractivity contribution in [2.75, 3.05) is 39.6 Å². The molecule has 19 heteroatoms. The van der Waals surface area contributed by atoms with Crippen molar-refractivity contribution in [1.82, 2.24) is 0 Å². The summed E-state index contributed by atoms with van der Waals surface area (Å²) >= 11 is 0. The van der Waals surface area contributed by atoms with Crippen LogP contribution in [0.5, 0.6) is 0 Å². The van der Waals surface area contributed by atoms with E-state index in [1.807, 2.05) is 0 Å². The summed E-state index contributed by atoms with van der Waals surface area (Å²) in [7, 11) is -9.93. The first kappa shape index (κ1) is 105. The lowest BCUT2D eigenvalue weighted by molar-refractivity contribution is -0.161. The summed E-state index contributed by atoms with van der Waals surface area (Å²) in [5.41, 5.74) is 0. The number of aliphatic hydroxyl groups is 1. The van der Waals surface area contributed by atoms with Crippen LogP contribution in [0.2, 0.25) is 0 Å². The highest BCUT2D eigenvalue weighted by Gasteiger charge is 2.30. The Hall–Kier alpha value is -1.94. The summed E-state index contributed by atoms with van der Waals surface area (Å²) in [5.74, 6) is -0.488. The van der Waals surface area contributed by atoms with Gasteiger partial charge in [-0.25, -0.2) is 9.13 Å². The van der Waals surface area contributed by atoms with Crippen LogP contribution >= 0.6 is 15.6 Å². The van der Waals surface area contributed by atoms with Crippen LogP contribution in [0, 0.1) is 11.8 Å². The lowest BCUT2D eigenvalue weighted by Gasteiger charge is -2.21. The zero-order valence-corrected chi connectivity index (χ0v) is 72.2. The van der Waals surface area contributed by atoms with Crippen molar-refractivity contribution >= 4 is 39.5 Å². The maximum absolute atomic E-state index is 13.2. The van der Waals surface area contributed by atoms with Crippen molar-refractivity contribution in [2.24, 2.45) is 11.8 Å². The van der Waals surface area contributed by atoms with Gasteiger partial charge in [-0.2, -0.15) is 0 Å². The smallest absolute Gasteiger partial charge is 0.462 e. The van der Waals surface area contributed by atoms with Gasteiger partial charge in [0.1, 0.15) is 19.3 Å². The van der Waals surface area contributed by atoms with Gasteiger partial charge in [0, 0.05) is 25.7 Å². The molecule has 2 unspecified atom stereocenters. The van der Waals surface area contributed by atoms with Gasteiger partial charge in [0.2, 0.25) is 0 Å². The molecule has 0 aliphatic rings. The van der Waals surface area contributed by atoms with Crippen LogP contribution in [0.4, 0.5) is 0 Å². The molecular formula is C88H172O17P2. The molecule has 0 aliphatic carbocycles. The van der Waals surface area contributed by atoms with Gasteiger partial charge in [0.15, 0.2) is 12.2 Å². The number of esters is 4. The van der Waals surface area contributed by atoms with Gasteiger partial charge < -0.3 is 33.8 Å². The number of carbonyl (C=O) groups is 4. The predicted molar refractivity (Wildman–Crippen MR) is 442 cm³/mol. The molecule has 0 aromatic heterocycles. The average molecular weight is 1560 g/mol. The van der Waals surface area contributed by atoms with E-state index in [-0.39, 0.29) is 25.7 Å². The third kappa shape index (κ3) is 81.9. The normalized spacial score (nSPS) is 13.8. The topological polar surface area (TPSA) is 237 Å². The molecule has 0 heterocycles. The monoisotopic (exact) mass is 1560 g/mol. The molecular weight excluding hydrogens is 1390 g/mol. The first-order valence-corrected chi connectivity index (χ1v) is 48.5. The van der Waals surface area contributed by atoms with E-state index >= 15 is 0 Å². The minimum Gasteiger partial charge on any atom is -0.462 e. The molecule has 0 spiro atoms. The number of hydrogen-bond acceptors (Lipinski definition) is 15. The number of hydrogen-bond donors (Lipinski definition) is 3. The van der Waals surface area contributed by atoms with E-state index in [1.54, 1.807) is 0 Å². The summed E-state index contributed by atoms with van der Waals surface area (Å²) in [4.78, 5) is 73.2. The molecule has 3 N–H and O–H groups in total. The molecule has 636 valence electrons. The molecule has 17 nitrogen and oxygen atoms in total. The Morgan fingerprint density at radius 2 is 0.430 bits per heavy atom. The first-order valence-electron chi connectivity index (χ1n) is 45.5. The Kier molecular flexibility index (Phi) is 77.9. The molecule has 0 rings (SSSR count). The van der Waals surface area contributed by atoms with E-state index in [2.05, 4.69) is 41.5 Å². The molecule has 0 aromatic carbocycles. The van der Waals surface area contributed by atoms with Gasteiger partial charge in [-0.15, -0.1) is 0 Å². The minimum absolute atomic E-state index is 0.108. The Morgan fingerprint density at radius 3 is 0.636 bits per heavy atom. The number of phosphoric ester groups is 2. The fraction of sp³-hybridized carbons (Fsp3) is 0.955. The summed E-state index contributed by atoms with van der Waals surface area (Å²) in [6.45, 7) is 9.71.